The summed E-state index contributed by atoms with van der Waals surface area (Å²) in [5.74, 6) is 0.719. The molecule has 0 amide bonds. The Bertz CT molecular complexity index is 614. The van der Waals surface area contributed by atoms with Crippen molar-refractivity contribution in [3.63, 3.8) is 0 Å². The molecule has 0 saturated carbocycles. The predicted octanol–water partition coefficient (Wildman–Crippen LogP) is 5.16. The first-order valence-electron chi connectivity index (χ1n) is 8.08. The van der Waals surface area contributed by atoms with E-state index in [0.717, 1.165) is 35.3 Å². The second-order valence-corrected chi connectivity index (χ2v) is 5.59. The molecule has 23 heavy (non-hydrogen) atoms. The highest BCUT2D eigenvalue weighted by Gasteiger charge is 2.11. The minimum absolute atomic E-state index is 0.126. The van der Waals surface area contributed by atoms with Gasteiger partial charge in [0.1, 0.15) is 11.9 Å². The number of hydrogen-bond acceptors (Lipinski definition) is 3. The number of rotatable bonds is 7. The fourth-order valence-electron chi connectivity index (χ4n) is 2.38. The summed E-state index contributed by atoms with van der Waals surface area (Å²) < 4.78 is 10.6. The van der Waals surface area contributed by atoms with E-state index in [1.165, 1.54) is 0 Å². The summed E-state index contributed by atoms with van der Waals surface area (Å²) >= 11 is 0. The molecule has 2 aromatic carbocycles. The molecule has 1 unspecified atom stereocenters. The van der Waals surface area contributed by atoms with E-state index in [9.17, 15) is 4.79 Å². The molecule has 0 bridgehead atoms. The van der Waals surface area contributed by atoms with Crippen LogP contribution in [0.1, 0.15) is 44.8 Å². The first kappa shape index (κ1) is 17.1. The lowest BCUT2D eigenvalue weighted by atomic mass is 10.0. The quantitative estimate of drug-likeness (QED) is 0.663. The lowest BCUT2D eigenvalue weighted by molar-refractivity contribution is -0.148. The van der Waals surface area contributed by atoms with Crippen molar-refractivity contribution in [3.05, 3.63) is 54.1 Å². The number of carbonyl (C=O) groups excluding carboxylic acids is 1. The molecule has 0 aliphatic rings. The Labute approximate surface area is 138 Å². The molecule has 0 heterocycles. The van der Waals surface area contributed by atoms with Crippen molar-refractivity contribution in [2.24, 2.45) is 0 Å². The summed E-state index contributed by atoms with van der Waals surface area (Å²) in [4.78, 5) is 11.7. The van der Waals surface area contributed by atoms with Gasteiger partial charge in [0.25, 0.3) is 0 Å². The first-order valence-corrected chi connectivity index (χ1v) is 8.08. The number of benzene rings is 2. The molecule has 0 spiro atoms. The van der Waals surface area contributed by atoms with Gasteiger partial charge in [-0.15, -0.1) is 0 Å². The monoisotopic (exact) mass is 312 g/mol. The molecular weight excluding hydrogens is 288 g/mol. The lowest BCUT2D eigenvalue weighted by Crippen LogP contribution is -2.08. The van der Waals surface area contributed by atoms with E-state index in [0.29, 0.717) is 6.42 Å². The van der Waals surface area contributed by atoms with E-state index in [4.69, 9.17) is 9.47 Å². The van der Waals surface area contributed by atoms with Crippen LogP contribution in [0.2, 0.25) is 0 Å². The molecule has 0 aliphatic heterocycles. The maximum atomic E-state index is 11.7. The summed E-state index contributed by atoms with van der Waals surface area (Å²) in [6, 6.07) is 16.1. The van der Waals surface area contributed by atoms with Gasteiger partial charge in [0, 0.05) is 6.42 Å². The number of unbranched alkanes of at least 4 members (excludes halogenated alkanes) is 1. The Morgan fingerprint density at radius 3 is 2.09 bits per heavy atom. The first-order chi connectivity index (χ1) is 11.1. The van der Waals surface area contributed by atoms with Crippen molar-refractivity contribution in [2.45, 2.75) is 39.2 Å². The van der Waals surface area contributed by atoms with Crippen LogP contribution in [0.25, 0.3) is 11.1 Å². The zero-order valence-electron chi connectivity index (χ0n) is 14.0. The lowest BCUT2D eigenvalue weighted by Gasteiger charge is -2.14. The van der Waals surface area contributed by atoms with Crippen LogP contribution in [0.15, 0.2) is 48.5 Å². The van der Waals surface area contributed by atoms with Gasteiger partial charge in [0.15, 0.2) is 0 Å². The van der Waals surface area contributed by atoms with Gasteiger partial charge in [-0.1, -0.05) is 49.7 Å². The second kappa shape index (κ2) is 8.37. The van der Waals surface area contributed by atoms with Gasteiger partial charge in [-0.2, -0.15) is 0 Å². The molecule has 3 heteroatoms. The SMILES string of the molecule is CCCCC(=O)OC(C)c1ccc(-c2ccc(OC)cc2)cc1. The van der Waals surface area contributed by atoms with Gasteiger partial charge in [-0.05, 0) is 42.2 Å². The summed E-state index contributed by atoms with van der Waals surface area (Å²) in [6.45, 7) is 3.97. The van der Waals surface area contributed by atoms with Crippen LogP contribution in [-0.2, 0) is 9.53 Å². The van der Waals surface area contributed by atoms with Gasteiger partial charge in [0.05, 0.1) is 7.11 Å². The molecular formula is C20H24O3. The normalized spacial score (nSPS) is 11.8. The van der Waals surface area contributed by atoms with Crippen LogP contribution in [-0.4, -0.2) is 13.1 Å². The predicted molar refractivity (Wildman–Crippen MR) is 92.5 cm³/mol. The van der Waals surface area contributed by atoms with Crippen molar-refractivity contribution in [2.75, 3.05) is 7.11 Å². The maximum Gasteiger partial charge on any atom is 0.306 e. The van der Waals surface area contributed by atoms with E-state index < -0.39 is 0 Å². The number of hydrogen-bond donors (Lipinski definition) is 0. The fraction of sp³-hybridized carbons (Fsp3) is 0.350. The van der Waals surface area contributed by atoms with Gasteiger partial charge in [-0.3, -0.25) is 4.79 Å². The van der Waals surface area contributed by atoms with Crippen LogP contribution in [0.5, 0.6) is 5.75 Å². The summed E-state index contributed by atoms with van der Waals surface area (Å²) in [7, 11) is 1.66. The average molecular weight is 312 g/mol. The second-order valence-electron chi connectivity index (χ2n) is 5.59. The van der Waals surface area contributed by atoms with Crippen molar-refractivity contribution < 1.29 is 14.3 Å². The number of esters is 1. The molecule has 0 aromatic heterocycles. The highest BCUT2D eigenvalue weighted by Crippen LogP contribution is 2.25. The Hall–Kier alpha value is -2.29. The van der Waals surface area contributed by atoms with Crippen molar-refractivity contribution in [1.29, 1.82) is 0 Å². The Morgan fingerprint density at radius 2 is 1.57 bits per heavy atom. The minimum atomic E-state index is -0.218. The zero-order valence-corrected chi connectivity index (χ0v) is 14.0. The smallest absolute Gasteiger partial charge is 0.306 e. The third-order valence-corrected chi connectivity index (χ3v) is 3.85. The molecule has 0 aliphatic carbocycles. The minimum Gasteiger partial charge on any atom is -0.497 e. The van der Waals surface area contributed by atoms with Crippen LogP contribution < -0.4 is 4.74 Å². The van der Waals surface area contributed by atoms with Crippen LogP contribution in [0, 0.1) is 0 Å². The van der Waals surface area contributed by atoms with Crippen molar-refractivity contribution >= 4 is 5.97 Å². The van der Waals surface area contributed by atoms with E-state index in [2.05, 4.69) is 6.92 Å². The topological polar surface area (TPSA) is 35.5 Å². The highest BCUT2D eigenvalue weighted by molar-refractivity contribution is 5.69. The molecule has 0 saturated heterocycles. The molecule has 0 N–H and O–H groups in total. The molecule has 1 atom stereocenters. The molecule has 2 aromatic rings. The van der Waals surface area contributed by atoms with Crippen molar-refractivity contribution in [1.82, 2.24) is 0 Å². The van der Waals surface area contributed by atoms with Gasteiger partial charge in [-0.25, -0.2) is 0 Å². The highest BCUT2D eigenvalue weighted by atomic mass is 16.5. The molecule has 122 valence electrons. The fourth-order valence-corrected chi connectivity index (χ4v) is 2.38. The largest absolute Gasteiger partial charge is 0.497 e. The Kier molecular flexibility index (Phi) is 6.21. The van der Waals surface area contributed by atoms with Crippen molar-refractivity contribution in [3.8, 4) is 16.9 Å². The van der Waals surface area contributed by atoms with Crippen LogP contribution >= 0.6 is 0 Å². The van der Waals surface area contributed by atoms with E-state index >= 15 is 0 Å². The molecule has 3 nitrogen and oxygen atoms in total. The summed E-state index contributed by atoms with van der Waals surface area (Å²) in [6.07, 6.45) is 2.15. The number of methoxy groups -OCH3 is 1. The standard InChI is InChI=1S/C20H24O3/c1-4-5-6-20(21)23-15(2)16-7-9-17(10-8-16)18-11-13-19(22-3)14-12-18/h7-15H,4-6H2,1-3H3. The third-order valence-electron chi connectivity index (χ3n) is 3.85. The van der Waals surface area contributed by atoms with Gasteiger partial charge < -0.3 is 9.47 Å². The van der Waals surface area contributed by atoms with Crippen LogP contribution in [0.4, 0.5) is 0 Å². The van der Waals surface area contributed by atoms with Crippen LogP contribution in [0.3, 0.4) is 0 Å². The Balaban J connectivity index is 2.01. The van der Waals surface area contributed by atoms with E-state index in [1.807, 2.05) is 55.5 Å². The maximum absolute atomic E-state index is 11.7. The third kappa shape index (κ3) is 4.85. The molecule has 2 rings (SSSR count). The average Bonchev–Trinajstić information content (AvgIpc) is 2.60. The number of carbonyl (C=O) groups is 1. The van der Waals surface area contributed by atoms with E-state index in [1.54, 1.807) is 7.11 Å². The number of ether oxygens (including phenoxy) is 2. The van der Waals surface area contributed by atoms with E-state index in [-0.39, 0.29) is 12.1 Å². The van der Waals surface area contributed by atoms with Gasteiger partial charge >= 0.3 is 5.97 Å². The molecule has 0 fully saturated rings. The molecule has 0 radical (unpaired) electrons. The summed E-state index contributed by atoms with van der Waals surface area (Å²) in [5.41, 5.74) is 3.26. The zero-order chi connectivity index (χ0) is 16.7. The van der Waals surface area contributed by atoms with Gasteiger partial charge in [0.2, 0.25) is 0 Å². The Morgan fingerprint density at radius 1 is 1.00 bits per heavy atom. The summed E-state index contributed by atoms with van der Waals surface area (Å²) in [5, 5.41) is 0.